The van der Waals surface area contributed by atoms with E-state index < -0.39 is 0 Å². The van der Waals surface area contributed by atoms with Crippen molar-refractivity contribution in [3.05, 3.63) is 65.7 Å². The highest BCUT2D eigenvalue weighted by molar-refractivity contribution is 6.53. The second kappa shape index (κ2) is 6.91. The van der Waals surface area contributed by atoms with Crippen LogP contribution in [0.3, 0.4) is 0 Å². The Morgan fingerprint density at radius 1 is 1.04 bits per heavy atom. The summed E-state index contributed by atoms with van der Waals surface area (Å²) in [7, 11) is 4.02. The number of allylic oxidation sites excluding steroid dienone is 1. The smallest absolute Gasteiger partial charge is 0.276 e. The molecule has 5 nitrogen and oxygen atoms in total. The third-order valence-electron chi connectivity index (χ3n) is 3.65. The highest BCUT2D eigenvalue weighted by atomic mass is 16.2. The predicted molar refractivity (Wildman–Crippen MR) is 99.9 cm³/mol. The average molecular weight is 318 g/mol. The van der Waals surface area contributed by atoms with Crippen molar-refractivity contribution in [1.82, 2.24) is 0 Å². The molecule has 0 aromatic heterocycles. The van der Waals surface area contributed by atoms with Gasteiger partial charge >= 0.3 is 0 Å². The predicted octanol–water partition coefficient (Wildman–Crippen LogP) is 3.19. The Morgan fingerprint density at radius 3 is 2.54 bits per heavy atom. The molecule has 0 saturated carbocycles. The van der Waals surface area contributed by atoms with E-state index >= 15 is 0 Å². The minimum Gasteiger partial charge on any atom is -0.378 e. The highest BCUT2D eigenvalue weighted by Crippen LogP contribution is 2.22. The van der Waals surface area contributed by atoms with Crippen LogP contribution in [0.4, 0.5) is 11.4 Å². The van der Waals surface area contributed by atoms with E-state index in [1.165, 1.54) is 0 Å². The van der Waals surface area contributed by atoms with Gasteiger partial charge in [-0.15, -0.1) is 5.10 Å². The lowest BCUT2D eigenvalue weighted by molar-refractivity contribution is -0.110. The van der Waals surface area contributed by atoms with Crippen LogP contribution in [0.25, 0.3) is 6.08 Å². The monoisotopic (exact) mass is 318 g/mol. The first kappa shape index (κ1) is 15.7. The van der Waals surface area contributed by atoms with Gasteiger partial charge in [-0.25, -0.2) is 0 Å². The molecule has 0 fully saturated rings. The van der Waals surface area contributed by atoms with Crippen molar-refractivity contribution in [3.63, 3.8) is 0 Å². The highest BCUT2D eigenvalue weighted by Gasteiger charge is 2.25. The SMILES string of the molecule is CN(C)c1ccc(/C=C/C=N\N=C2/C(=O)Nc3ccccc32)cc1. The van der Waals surface area contributed by atoms with Gasteiger partial charge in [0.2, 0.25) is 0 Å². The van der Waals surface area contributed by atoms with Crippen molar-refractivity contribution < 1.29 is 4.79 Å². The lowest BCUT2D eigenvalue weighted by Crippen LogP contribution is -2.13. The topological polar surface area (TPSA) is 57.1 Å². The van der Waals surface area contributed by atoms with Gasteiger partial charge in [0.15, 0.2) is 5.71 Å². The Bertz CT molecular complexity index is 833. The van der Waals surface area contributed by atoms with E-state index in [1.807, 2.05) is 56.6 Å². The minimum absolute atomic E-state index is 0.225. The summed E-state index contributed by atoms with van der Waals surface area (Å²) < 4.78 is 0. The summed E-state index contributed by atoms with van der Waals surface area (Å²) in [6, 6.07) is 15.6. The summed E-state index contributed by atoms with van der Waals surface area (Å²) >= 11 is 0. The number of fused-ring (bicyclic) bond motifs is 1. The standard InChI is InChI=1S/C19H18N4O/c1-23(2)15-11-9-14(10-12-15)6-5-13-20-22-18-16-7-3-4-8-17(16)21-19(18)24/h3-13H,1-2H3,(H,21,22,24)/b6-5+,20-13-. The first-order valence-corrected chi connectivity index (χ1v) is 7.61. The molecule has 1 amide bonds. The van der Waals surface area contributed by atoms with Crippen LogP contribution in [0.1, 0.15) is 11.1 Å². The van der Waals surface area contributed by atoms with Crippen molar-refractivity contribution in [3.8, 4) is 0 Å². The fourth-order valence-corrected chi connectivity index (χ4v) is 2.37. The zero-order chi connectivity index (χ0) is 16.9. The van der Waals surface area contributed by atoms with E-state index in [-0.39, 0.29) is 5.91 Å². The first-order chi connectivity index (χ1) is 11.6. The lowest BCUT2D eigenvalue weighted by Gasteiger charge is -2.11. The van der Waals surface area contributed by atoms with Crippen molar-refractivity contribution in [1.29, 1.82) is 0 Å². The van der Waals surface area contributed by atoms with Crippen LogP contribution in [-0.4, -0.2) is 31.9 Å². The number of amides is 1. The number of carbonyl (C=O) groups is 1. The molecule has 1 aliphatic heterocycles. The quantitative estimate of drug-likeness (QED) is 0.695. The molecule has 0 spiro atoms. The normalized spacial score (nSPS) is 15.2. The molecule has 0 atom stereocenters. The van der Waals surface area contributed by atoms with Crippen LogP contribution in [0.2, 0.25) is 0 Å². The molecule has 2 aromatic rings. The summed E-state index contributed by atoms with van der Waals surface area (Å²) in [5.41, 5.74) is 4.11. The van der Waals surface area contributed by atoms with E-state index in [9.17, 15) is 4.79 Å². The molecule has 120 valence electrons. The Hall–Kier alpha value is -3.21. The minimum atomic E-state index is -0.225. The molecule has 2 aromatic carbocycles. The molecule has 0 saturated heterocycles. The molecule has 24 heavy (non-hydrogen) atoms. The molecule has 1 N–H and O–H groups in total. The van der Waals surface area contributed by atoms with E-state index in [4.69, 9.17) is 0 Å². The lowest BCUT2D eigenvalue weighted by atomic mass is 10.1. The third-order valence-corrected chi connectivity index (χ3v) is 3.65. The molecule has 0 unspecified atom stereocenters. The van der Waals surface area contributed by atoms with Crippen LogP contribution in [-0.2, 0) is 4.79 Å². The van der Waals surface area contributed by atoms with Gasteiger partial charge in [0.05, 0.1) is 5.69 Å². The number of nitrogens with zero attached hydrogens (tertiary/aromatic N) is 3. The number of para-hydroxylation sites is 1. The Balaban J connectivity index is 1.67. The van der Waals surface area contributed by atoms with Gasteiger partial charge in [-0.2, -0.15) is 5.10 Å². The van der Waals surface area contributed by atoms with Gasteiger partial charge in [0.25, 0.3) is 5.91 Å². The fraction of sp³-hybridized carbons (Fsp3) is 0.105. The van der Waals surface area contributed by atoms with Gasteiger partial charge in [-0.3, -0.25) is 4.79 Å². The number of hydrogen-bond donors (Lipinski definition) is 1. The Labute approximate surface area is 141 Å². The van der Waals surface area contributed by atoms with E-state index in [0.717, 1.165) is 22.5 Å². The Kier molecular flexibility index (Phi) is 4.52. The van der Waals surface area contributed by atoms with Crippen molar-refractivity contribution in [2.75, 3.05) is 24.3 Å². The van der Waals surface area contributed by atoms with E-state index in [2.05, 4.69) is 32.6 Å². The van der Waals surface area contributed by atoms with Crippen LogP contribution in [0, 0.1) is 0 Å². The number of benzene rings is 2. The van der Waals surface area contributed by atoms with Crippen LogP contribution >= 0.6 is 0 Å². The number of hydrogen-bond acceptors (Lipinski definition) is 4. The zero-order valence-electron chi connectivity index (χ0n) is 13.6. The maximum Gasteiger partial charge on any atom is 0.276 e. The zero-order valence-corrected chi connectivity index (χ0v) is 13.6. The van der Waals surface area contributed by atoms with Crippen LogP contribution in [0.15, 0.2) is 64.8 Å². The molecule has 5 heteroatoms. The molecule has 3 rings (SSSR count). The summed E-state index contributed by atoms with van der Waals surface area (Å²) in [4.78, 5) is 13.9. The summed E-state index contributed by atoms with van der Waals surface area (Å²) in [6.45, 7) is 0. The van der Waals surface area contributed by atoms with Crippen LogP contribution < -0.4 is 10.2 Å². The third kappa shape index (κ3) is 3.41. The fourth-order valence-electron chi connectivity index (χ4n) is 2.37. The summed E-state index contributed by atoms with van der Waals surface area (Å²) in [5, 5.41) is 10.8. The summed E-state index contributed by atoms with van der Waals surface area (Å²) in [6.07, 6.45) is 5.31. The van der Waals surface area contributed by atoms with E-state index in [0.29, 0.717) is 5.71 Å². The maximum absolute atomic E-state index is 11.9. The van der Waals surface area contributed by atoms with Gasteiger partial charge in [-0.05, 0) is 29.8 Å². The Morgan fingerprint density at radius 2 is 1.79 bits per heavy atom. The van der Waals surface area contributed by atoms with Gasteiger partial charge < -0.3 is 10.2 Å². The van der Waals surface area contributed by atoms with Gasteiger partial charge in [0, 0.05) is 31.6 Å². The maximum atomic E-state index is 11.9. The molecule has 1 aliphatic rings. The van der Waals surface area contributed by atoms with Crippen LogP contribution in [0.5, 0.6) is 0 Å². The first-order valence-electron chi connectivity index (χ1n) is 7.61. The van der Waals surface area contributed by atoms with Gasteiger partial charge in [0.1, 0.15) is 0 Å². The van der Waals surface area contributed by atoms with Crippen molar-refractivity contribution in [2.45, 2.75) is 0 Å². The second-order valence-electron chi connectivity index (χ2n) is 5.56. The molecular formula is C19H18N4O. The molecule has 0 aliphatic carbocycles. The average Bonchev–Trinajstić information content (AvgIpc) is 2.90. The molecule has 1 heterocycles. The van der Waals surface area contributed by atoms with E-state index in [1.54, 1.807) is 12.3 Å². The van der Waals surface area contributed by atoms with Crippen molar-refractivity contribution in [2.24, 2.45) is 10.2 Å². The summed E-state index contributed by atoms with van der Waals surface area (Å²) in [5.74, 6) is -0.225. The largest absolute Gasteiger partial charge is 0.378 e. The van der Waals surface area contributed by atoms with Crippen molar-refractivity contribution >= 4 is 35.3 Å². The number of anilines is 2. The second-order valence-corrected chi connectivity index (χ2v) is 5.56. The number of nitrogens with one attached hydrogen (secondary N) is 1. The number of rotatable bonds is 4. The molecule has 0 bridgehead atoms. The molecular weight excluding hydrogens is 300 g/mol. The number of carbonyl (C=O) groups excluding carboxylic acids is 1. The molecule has 0 radical (unpaired) electrons. The van der Waals surface area contributed by atoms with Gasteiger partial charge in [-0.1, -0.05) is 36.4 Å².